The van der Waals surface area contributed by atoms with Crippen LogP contribution in [0.25, 0.3) is 0 Å². The highest BCUT2D eigenvalue weighted by Crippen LogP contribution is 2.30. The molecule has 0 saturated heterocycles. The van der Waals surface area contributed by atoms with Gasteiger partial charge in [0.1, 0.15) is 13.2 Å². The molecule has 112 valence electrons. The summed E-state index contributed by atoms with van der Waals surface area (Å²) in [7, 11) is -3.08. The molecular formula is C13H20N2O4S. The lowest BCUT2D eigenvalue weighted by Crippen LogP contribution is -2.26. The first-order valence-electron chi connectivity index (χ1n) is 6.58. The molecule has 7 heteroatoms. The average Bonchev–Trinajstić information content (AvgIpc) is 2.41. The largest absolute Gasteiger partial charge is 0.486 e. The first-order valence-corrected chi connectivity index (χ1v) is 8.47. The molecule has 0 amide bonds. The van der Waals surface area contributed by atoms with Crippen molar-refractivity contribution in [3.63, 3.8) is 0 Å². The van der Waals surface area contributed by atoms with Gasteiger partial charge in [-0.05, 0) is 30.7 Å². The fraction of sp³-hybridized carbons (Fsp3) is 0.538. The van der Waals surface area contributed by atoms with Crippen LogP contribution in [-0.2, 0) is 16.6 Å². The number of nitrogens with one attached hydrogen (secondary N) is 2. The van der Waals surface area contributed by atoms with Gasteiger partial charge in [-0.15, -0.1) is 0 Å². The van der Waals surface area contributed by atoms with Gasteiger partial charge in [-0.2, -0.15) is 0 Å². The van der Waals surface area contributed by atoms with Crippen molar-refractivity contribution in [2.45, 2.75) is 13.0 Å². The summed E-state index contributed by atoms with van der Waals surface area (Å²) in [6.07, 6.45) is 1.91. The molecule has 0 aliphatic carbocycles. The number of fused-ring (bicyclic) bond motifs is 1. The second-order valence-corrected chi connectivity index (χ2v) is 6.51. The molecule has 0 atom stereocenters. The van der Waals surface area contributed by atoms with Gasteiger partial charge in [-0.3, -0.25) is 0 Å². The molecule has 2 rings (SSSR count). The third-order valence-electron chi connectivity index (χ3n) is 2.83. The van der Waals surface area contributed by atoms with Crippen LogP contribution in [-0.4, -0.2) is 41.0 Å². The Kier molecular flexibility index (Phi) is 5.22. The molecule has 0 spiro atoms. The summed E-state index contributed by atoms with van der Waals surface area (Å²) < 4.78 is 35.2. The highest BCUT2D eigenvalue weighted by atomic mass is 32.2. The highest BCUT2D eigenvalue weighted by molar-refractivity contribution is 7.88. The van der Waals surface area contributed by atoms with Gasteiger partial charge in [0.15, 0.2) is 11.5 Å². The number of rotatable bonds is 7. The van der Waals surface area contributed by atoms with Crippen molar-refractivity contribution in [1.82, 2.24) is 10.0 Å². The Balaban J connectivity index is 1.69. The van der Waals surface area contributed by atoms with Crippen molar-refractivity contribution in [1.29, 1.82) is 0 Å². The predicted molar refractivity (Wildman–Crippen MR) is 76.6 cm³/mol. The lowest BCUT2D eigenvalue weighted by molar-refractivity contribution is 0.171. The van der Waals surface area contributed by atoms with Crippen molar-refractivity contribution in [2.24, 2.45) is 0 Å². The van der Waals surface area contributed by atoms with Crippen molar-refractivity contribution in [3.8, 4) is 11.5 Å². The maximum absolute atomic E-state index is 10.9. The van der Waals surface area contributed by atoms with Crippen molar-refractivity contribution in [2.75, 3.05) is 32.6 Å². The molecular weight excluding hydrogens is 280 g/mol. The van der Waals surface area contributed by atoms with E-state index < -0.39 is 10.0 Å². The molecule has 1 aromatic carbocycles. The minimum Gasteiger partial charge on any atom is -0.486 e. The number of sulfonamides is 1. The van der Waals surface area contributed by atoms with Gasteiger partial charge in [0, 0.05) is 13.1 Å². The van der Waals surface area contributed by atoms with Gasteiger partial charge >= 0.3 is 0 Å². The molecule has 1 aliphatic rings. The van der Waals surface area contributed by atoms with E-state index >= 15 is 0 Å². The summed E-state index contributed by atoms with van der Waals surface area (Å²) in [6, 6.07) is 5.88. The normalized spacial score (nSPS) is 14.2. The summed E-state index contributed by atoms with van der Waals surface area (Å²) >= 11 is 0. The van der Waals surface area contributed by atoms with E-state index in [1.165, 1.54) is 0 Å². The van der Waals surface area contributed by atoms with Crippen LogP contribution in [0.4, 0.5) is 0 Å². The standard InChI is InChI=1S/C13H20N2O4S/c1-20(16,17)15-6-2-5-14-10-11-3-4-12-13(9-11)19-8-7-18-12/h3-4,9,14-15H,2,5-8,10H2,1H3. The fourth-order valence-corrected chi connectivity index (χ4v) is 2.42. The van der Waals surface area contributed by atoms with Crippen LogP contribution in [0.5, 0.6) is 11.5 Å². The van der Waals surface area contributed by atoms with Crippen LogP contribution in [0.1, 0.15) is 12.0 Å². The molecule has 1 aliphatic heterocycles. The topological polar surface area (TPSA) is 76.7 Å². The Labute approximate surface area is 119 Å². The smallest absolute Gasteiger partial charge is 0.208 e. The monoisotopic (exact) mass is 300 g/mol. The van der Waals surface area contributed by atoms with Crippen molar-refractivity contribution in [3.05, 3.63) is 23.8 Å². The molecule has 1 aromatic rings. The van der Waals surface area contributed by atoms with Crippen LogP contribution in [0.2, 0.25) is 0 Å². The van der Waals surface area contributed by atoms with Gasteiger partial charge in [-0.25, -0.2) is 13.1 Å². The number of hydrogen-bond acceptors (Lipinski definition) is 5. The summed E-state index contributed by atoms with van der Waals surface area (Å²) in [4.78, 5) is 0. The van der Waals surface area contributed by atoms with E-state index in [0.29, 0.717) is 19.8 Å². The minimum atomic E-state index is -3.08. The van der Waals surface area contributed by atoms with Gasteiger partial charge in [0.25, 0.3) is 0 Å². The van der Waals surface area contributed by atoms with E-state index in [9.17, 15) is 8.42 Å². The molecule has 0 fully saturated rings. The lowest BCUT2D eigenvalue weighted by Gasteiger charge is -2.19. The van der Waals surface area contributed by atoms with E-state index in [-0.39, 0.29) is 0 Å². The summed E-state index contributed by atoms with van der Waals surface area (Å²) in [6.45, 7) is 3.10. The molecule has 2 N–H and O–H groups in total. The zero-order valence-electron chi connectivity index (χ0n) is 11.5. The maximum Gasteiger partial charge on any atom is 0.208 e. The first-order chi connectivity index (χ1) is 9.54. The Bertz CT molecular complexity index is 545. The molecule has 0 saturated carbocycles. The second kappa shape index (κ2) is 6.92. The Morgan fingerprint density at radius 1 is 1.15 bits per heavy atom. The van der Waals surface area contributed by atoms with Crippen LogP contribution in [0, 0.1) is 0 Å². The predicted octanol–water partition coefficient (Wildman–Crippen LogP) is 0.487. The first kappa shape index (κ1) is 15.1. The maximum atomic E-state index is 10.9. The third-order valence-corrected chi connectivity index (χ3v) is 3.56. The molecule has 1 heterocycles. The molecule has 0 bridgehead atoms. The van der Waals surface area contributed by atoms with Gasteiger partial charge in [-0.1, -0.05) is 6.07 Å². The molecule has 0 aromatic heterocycles. The fourth-order valence-electron chi connectivity index (χ4n) is 1.90. The Morgan fingerprint density at radius 2 is 1.90 bits per heavy atom. The van der Waals surface area contributed by atoms with Crippen molar-refractivity contribution < 1.29 is 17.9 Å². The van der Waals surface area contributed by atoms with Gasteiger partial charge in [0.2, 0.25) is 10.0 Å². The van der Waals surface area contributed by atoms with Crippen LogP contribution < -0.4 is 19.5 Å². The van der Waals surface area contributed by atoms with E-state index in [0.717, 1.165) is 42.8 Å². The quantitative estimate of drug-likeness (QED) is 0.717. The second-order valence-electron chi connectivity index (χ2n) is 4.67. The lowest BCUT2D eigenvalue weighted by atomic mass is 10.2. The number of benzene rings is 1. The highest BCUT2D eigenvalue weighted by Gasteiger charge is 2.11. The SMILES string of the molecule is CS(=O)(=O)NCCCNCc1ccc2c(c1)OCCO2. The van der Waals surface area contributed by atoms with E-state index in [2.05, 4.69) is 10.0 Å². The van der Waals surface area contributed by atoms with E-state index in [1.54, 1.807) is 0 Å². The van der Waals surface area contributed by atoms with E-state index in [1.807, 2.05) is 18.2 Å². The van der Waals surface area contributed by atoms with Crippen LogP contribution >= 0.6 is 0 Å². The van der Waals surface area contributed by atoms with Crippen LogP contribution in [0.15, 0.2) is 18.2 Å². The summed E-state index contributed by atoms with van der Waals surface area (Å²) in [5.74, 6) is 1.58. The summed E-state index contributed by atoms with van der Waals surface area (Å²) in [5.41, 5.74) is 1.12. The third kappa shape index (κ3) is 4.99. The summed E-state index contributed by atoms with van der Waals surface area (Å²) in [5, 5.41) is 3.26. The number of hydrogen-bond donors (Lipinski definition) is 2. The Hall–Kier alpha value is -1.31. The Morgan fingerprint density at radius 3 is 2.65 bits per heavy atom. The molecule has 6 nitrogen and oxygen atoms in total. The zero-order valence-corrected chi connectivity index (χ0v) is 12.3. The van der Waals surface area contributed by atoms with Gasteiger partial charge < -0.3 is 14.8 Å². The van der Waals surface area contributed by atoms with Crippen LogP contribution in [0.3, 0.4) is 0 Å². The van der Waals surface area contributed by atoms with E-state index in [4.69, 9.17) is 9.47 Å². The minimum absolute atomic E-state index is 0.451. The molecule has 0 unspecified atom stereocenters. The van der Waals surface area contributed by atoms with Gasteiger partial charge in [0.05, 0.1) is 6.26 Å². The average molecular weight is 300 g/mol. The van der Waals surface area contributed by atoms with Crippen molar-refractivity contribution >= 4 is 10.0 Å². The molecule has 20 heavy (non-hydrogen) atoms. The zero-order chi connectivity index (χ0) is 14.4. The molecule has 0 radical (unpaired) electrons. The number of ether oxygens (including phenoxy) is 2.